The van der Waals surface area contributed by atoms with Crippen LogP contribution in [0.1, 0.15) is 12.0 Å². The second-order valence-corrected chi connectivity index (χ2v) is 8.14. The highest BCUT2D eigenvalue weighted by molar-refractivity contribution is 5.92. The zero-order chi connectivity index (χ0) is 19.9. The summed E-state index contributed by atoms with van der Waals surface area (Å²) in [7, 11) is 0. The number of piperazine rings is 1. The fourth-order valence-corrected chi connectivity index (χ4v) is 4.72. The van der Waals surface area contributed by atoms with Crippen molar-refractivity contribution in [1.82, 2.24) is 20.1 Å². The average Bonchev–Trinajstić information content (AvgIpc) is 3.53. The van der Waals surface area contributed by atoms with Gasteiger partial charge in [0, 0.05) is 49.4 Å². The van der Waals surface area contributed by atoms with E-state index in [1.54, 1.807) is 0 Å². The first kappa shape index (κ1) is 17.5. The summed E-state index contributed by atoms with van der Waals surface area (Å²) in [5.74, 6) is 1.94. The third-order valence-corrected chi connectivity index (χ3v) is 6.20. The van der Waals surface area contributed by atoms with Crippen LogP contribution < -0.4 is 15.5 Å². The fraction of sp³-hybridized carbons (Fsp3) is 0.250. The lowest BCUT2D eigenvalue weighted by Gasteiger charge is -2.27. The molecule has 2 aliphatic heterocycles. The number of para-hydroxylation sites is 1. The highest BCUT2D eigenvalue weighted by atomic mass is 15.4. The van der Waals surface area contributed by atoms with E-state index in [1.165, 1.54) is 17.4 Å². The molecule has 0 radical (unpaired) electrons. The largest absolute Gasteiger partial charge is 0.366 e. The van der Waals surface area contributed by atoms with E-state index in [4.69, 9.17) is 5.10 Å². The van der Waals surface area contributed by atoms with Crippen molar-refractivity contribution in [2.45, 2.75) is 25.0 Å². The first-order valence-electron chi connectivity index (χ1n) is 10.6. The maximum absolute atomic E-state index is 5.08. The minimum Gasteiger partial charge on any atom is -0.366 e. The summed E-state index contributed by atoms with van der Waals surface area (Å²) in [6.45, 7) is 2.83. The second kappa shape index (κ2) is 7.15. The van der Waals surface area contributed by atoms with Crippen LogP contribution in [-0.2, 0) is 6.54 Å². The molecule has 2 saturated heterocycles. The molecule has 30 heavy (non-hydrogen) atoms. The van der Waals surface area contributed by atoms with Gasteiger partial charge in [0.2, 0.25) is 0 Å². The van der Waals surface area contributed by atoms with Crippen molar-refractivity contribution >= 4 is 22.5 Å². The van der Waals surface area contributed by atoms with Crippen LogP contribution in [0.15, 0.2) is 72.9 Å². The number of benzene rings is 2. The van der Waals surface area contributed by atoms with Gasteiger partial charge in [0.1, 0.15) is 5.82 Å². The number of nitrogens with one attached hydrogen (secondary N) is 2. The molecule has 2 aromatic heterocycles. The van der Waals surface area contributed by atoms with Gasteiger partial charge in [-0.2, -0.15) is 0 Å². The molecule has 6 rings (SSSR count). The normalized spacial score (nSPS) is 20.2. The molecule has 150 valence electrons. The minimum atomic E-state index is 0.544. The SMILES string of the molecule is c1ccc(CNc2cc(-n3nc(N4C[C@@H]5C[C@H]4CN5)c4ccccc43)ccn2)cc1. The van der Waals surface area contributed by atoms with Gasteiger partial charge in [-0.25, -0.2) is 9.67 Å². The van der Waals surface area contributed by atoms with Gasteiger partial charge in [0.25, 0.3) is 0 Å². The fourth-order valence-electron chi connectivity index (χ4n) is 4.72. The zero-order valence-corrected chi connectivity index (χ0v) is 16.7. The van der Waals surface area contributed by atoms with E-state index in [0.717, 1.165) is 42.5 Å². The smallest absolute Gasteiger partial charge is 0.159 e. The van der Waals surface area contributed by atoms with Crippen LogP contribution in [0.5, 0.6) is 0 Å². The Morgan fingerprint density at radius 1 is 1.03 bits per heavy atom. The Morgan fingerprint density at radius 3 is 2.73 bits per heavy atom. The lowest BCUT2D eigenvalue weighted by Crippen LogP contribution is -2.43. The van der Waals surface area contributed by atoms with Gasteiger partial charge in [0.15, 0.2) is 5.82 Å². The van der Waals surface area contributed by atoms with Crippen LogP contribution in [0.25, 0.3) is 16.6 Å². The summed E-state index contributed by atoms with van der Waals surface area (Å²) in [4.78, 5) is 6.99. The second-order valence-electron chi connectivity index (χ2n) is 8.14. The number of hydrogen-bond donors (Lipinski definition) is 2. The Morgan fingerprint density at radius 2 is 1.90 bits per heavy atom. The van der Waals surface area contributed by atoms with Crippen molar-refractivity contribution in [3.05, 3.63) is 78.5 Å². The number of aromatic nitrogens is 3. The Balaban J connectivity index is 1.34. The first-order chi connectivity index (χ1) is 14.8. The first-order valence-corrected chi connectivity index (χ1v) is 10.6. The predicted octanol–water partition coefficient (Wildman–Crippen LogP) is 3.58. The summed E-state index contributed by atoms with van der Waals surface area (Å²) < 4.78 is 2.06. The number of fused-ring (bicyclic) bond motifs is 3. The van der Waals surface area contributed by atoms with E-state index in [-0.39, 0.29) is 0 Å². The molecule has 2 bridgehead atoms. The van der Waals surface area contributed by atoms with Crippen LogP contribution >= 0.6 is 0 Å². The monoisotopic (exact) mass is 396 g/mol. The number of anilines is 2. The van der Waals surface area contributed by atoms with E-state index in [0.29, 0.717) is 12.1 Å². The molecule has 0 amide bonds. The number of pyridine rings is 1. The highest BCUT2D eigenvalue weighted by Gasteiger charge is 2.39. The van der Waals surface area contributed by atoms with Gasteiger partial charge >= 0.3 is 0 Å². The van der Waals surface area contributed by atoms with Crippen LogP contribution in [0.3, 0.4) is 0 Å². The van der Waals surface area contributed by atoms with Crippen molar-refractivity contribution < 1.29 is 0 Å². The van der Waals surface area contributed by atoms with Crippen molar-refractivity contribution in [2.24, 2.45) is 0 Å². The molecule has 4 heterocycles. The van der Waals surface area contributed by atoms with Crippen molar-refractivity contribution in [3.8, 4) is 5.69 Å². The van der Waals surface area contributed by atoms with Crippen LogP contribution in [-0.4, -0.2) is 39.9 Å². The average molecular weight is 396 g/mol. The van der Waals surface area contributed by atoms with Crippen LogP contribution in [0.4, 0.5) is 11.6 Å². The molecule has 2 atom stereocenters. The molecule has 0 spiro atoms. The van der Waals surface area contributed by atoms with E-state index in [9.17, 15) is 0 Å². The molecule has 6 heteroatoms. The summed E-state index contributed by atoms with van der Waals surface area (Å²) in [6, 6.07) is 24.1. The molecular formula is C24H24N6. The predicted molar refractivity (Wildman–Crippen MR) is 120 cm³/mol. The minimum absolute atomic E-state index is 0.544. The third-order valence-electron chi connectivity index (χ3n) is 6.20. The number of rotatable bonds is 5. The molecule has 2 fully saturated rings. The van der Waals surface area contributed by atoms with Crippen LogP contribution in [0, 0.1) is 0 Å². The van der Waals surface area contributed by atoms with E-state index in [1.807, 2.05) is 18.3 Å². The quantitative estimate of drug-likeness (QED) is 0.540. The van der Waals surface area contributed by atoms with Gasteiger partial charge in [-0.3, -0.25) is 0 Å². The Kier molecular flexibility index (Phi) is 4.16. The molecule has 0 aliphatic carbocycles. The zero-order valence-electron chi connectivity index (χ0n) is 16.7. The summed E-state index contributed by atoms with van der Waals surface area (Å²) in [5.41, 5.74) is 3.38. The van der Waals surface area contributed by atoms with Crippen LogP contribution in [0.2, 0.25) is 0 Å². The molecule has 0 unspecified atom stereocenters. The van der Waals surface area contributed by atoms with Crippen molar-refractivity contribution in [2.75, 3.05) is 23.3 Å². The maximum Gasteiger partial charge on any atom is 0.159 e. The van der Waals surface area contributed by atoms with E-state index in [2.05, 4.69) is 79.8 Å². The van der Waals surface area contributed by atoms with E-state index >= 15 is 0 Å². The van der Waals surface area contributed by atoms with Gasteiger partial charge < -0.3 is 15.5 Å². The number of nitrogens with zero attached hydrogens (tertiary/aromatic N) is 4. The van der Waals surface area contributed by atoms with E-state index < -0.39 is 0 Å². The Bertz CT molecular complexity index is 1180. The van der Waals surface area contributed by atoms with Crippen molar-refractivity contribution in [1.29, 1.82) is 0 Å². The molecular weight excluding hydrogens is 372 g/mol. The summed E-state index contributed by atoms with van der Waals surface area (Å²) in [6.07, 6.45) is 3.06. The van der Waals surface area contributed by atoms with Gasteiger partial charge in [0.05, 0.1) is 11.2 Å². The molecule has 2 N–H and O–H groups in total. The summed E-state index contributed by atoms with van der Waals surface area (Å²) >= 11 is 0. The van der Waals surface area contributed by atoms with Gasteiger partial charge in [-0.15, -0.1) is 5.10 Å². The molecule has 6 nitrogen and oxygen atoms in total. The molecule has 2 aromatic carbocycles. The lowest BCUT2D eigenvalue weighted by atomic mass is 10.2. The molecule has 2 aliphatic rings. The standard InChI is InChI=1S/C24H24N6/c1-2-6-17(7-3-1)14-27-23-13-19(10-11-25-23)30-22-9-5-4-8-21(22)24(28-30)29-16-18-12-20(29)15-26-18/h1-11,13,18,20,26H,12,14-16H2,(H,25,27)/t18-,20-/m0/s1. The Labute approximate surface area is 175 Å². The van der Waals surface area contributed by atoms with Crippen molar-refractivity contribution in [3.63, 3.8) is 0 Å². The number of hydrogen-bond acceptors (Lipinski definition) is 5. The topological polar surface area (TPSA) is 58.0 Å². The van der Waals surface area contributed by atoms with Gasteiger partial charge in [-0.05, 0) is 30.2 Å². The molecule has 0 saturated carbocycles. The summed E-state index contributed by atoms with van der Waals surface area (Å²) in [5, 5.41) is 13.3. The lowest BCUT2D eigenvalue weighted by molar-refractivity contribution is 0.575. The third kappa shape index (κ3) is 3.00. The highest BCUT2D eigenvalue weighted by Crippen LogP contribution is 2.35. The Hall–Kier alpha value is -3.38. The maximum atomic E-state index is 5.08. The molecule has 4 aromatic rings. The van der Waals surface area contributed by atoms with Gasteiger partial charge in [-0.1, -0.05) is 42.5 Å².